The second-order valence-electron chi connectivity index (χ2n) is 7.73. The summed E-state index contributed by atoms with van der Waals surface area (Å²) in [6.45, 7) is 7.91. The van der Waals surface area contributed by atoms with Crippen LogP contribution in [0.15, 0.2) is 78.4 Å². The van der Waals surface area contributed by atoms with Gasteiger partial charge in [0.2, 0.25) is 0 Å². The van der Waals surface area contributed by atoms with Crippen LogP contribution in [0.3, 0.4) is 0 Å². The fourth-order valence-electron chi connectivity index (χ4n) is 3.92. The number of hydrogen-bond donors (Lipinski definition) is 1. The Kier molecular flexibility index (Phi) is 6.80. The zero-order valence-corrected chi connectivity index (χ0v) is 19.9. The van der Waals surface area contributed by atoms with Crippen LogP contribution in [0.25, 0.3) is 17.3 Å². The van der Waals surface area contributed by atoms with E-state index in [0.29, 0.717) is 22.8 Å². The summed E-state index contributed by atoms with van der Waals surface area (Å²) < 4.78 is 17.0. The van der Waals surface area contributed by atoms with Crippen LogP contribution in [0.1, 0.15) is 11.1 Å². The molecule has 0 saturated carbocycles. The van der Waals surface area contributed by atoms with Crippen LogP contribution in [0.4, 0.5) is 27.1 Å². The molecule has 0 unspecified atom stereocenters. The van der Waals surface area contributed by atoms with E-state index in [4.69, 9.17) is 11.6 Å². The van der Waals surface area contributed by atoms with Crippen LogP contribution < -0.4 is 10.2 Å². The van der Waals surface area contributed by atoms with Crippen molar-refractivity contribution >= 4 is 47.1 Å². The largest absolute Gasteiger partial charge is 0.388 e. The molecule has 0 bridgehead atoms. The van der Waals surface area contributed by atoms with Crippen molar-refractivity contribution in [1.82, 2.24) is 9.78 Å². The Labute approximate surface area is 203 Å². The molecule has 0 atom stereocenters. The summed E-state index contributed by atoms with van der Waals surface area (Å²) in [5.41, 5.74) is 5.90. The first-order valence-corrected chi connectivity index (χ1v) is 11.1. The third-order valence-corrected chi connectivity index (χ3v) is 6.14. The first-order valence-electron chi connectivity index (χ1n) is 10.7. The molecule has 0 fully saturated rings. The van der Waals surface area contributed by atoms with Gasteiger partial charge in [-0.05, 0) is 54.2 Å². The molecule has 5 nitrogen and oxygen atoms in total. The number of halogens is 2. The first kappa shape index (κ1) is 23.3. The Morgan fingerprint density at radius 1 is 1.18 bits per heavy atom. The number of benzene rings is 3. The zero-order valence-electron chi connectivity index (χ0n) is 19.1. The molecule has 4 aromatic rings. The summed E-state index contributed by atoms with van der Waals surface area (Å²) in [6.07, 6.45) is 3.48. The van der Waals surface area contributed by atoms with E-state index in [-0.39, 0.29) is 5.69 Å². The molecular formula is C27H25ClFN5. The van der Waals surface area contributed by atoms with Crippen molar-refractivity contribution in [2.75, 3.05) is 24.3 Å². The second kappa shape index (κ2) is 9.93. The van der Waals surface area contributed by atoms with Gasteiger partial charge < -0.3 is 10.2 Å². The summed E-state index contributed by atoms with van der Waals surface area (Å²) >= 11 is 6.35. The van der Waals surface area contributed by atoms with Gasteiger partial charge in [-0.1, -0.05) is 48.5 Å². The Balaban J connectivity index is 1.78. The average molecular weight is 474 g/mol. The van der Waals surface area contributed by atoms with Crippen molar-refractivity contribution in [3.8, 4) is 11.3 Å². The maximum atomic E-state index is 15.2. The van der Waals surface area contributed by atoms with E-state index in [1.54, 1.807) is 17.0 Å². The molecule has 0 saturated heterocycles. The van der Waals surface area contributed by atoms with Gasteiger partial charge in [0.15, 0.2) is 5.82 Å². The van der Waals surface area contributed by atoms with Crippen molar-refractivity contribution in [2.24, 2.45) is 4.99 Å². The molecule has 0 radical (unpaired) electrons. The zero-order chi connectivity index (χ0) is 24.2. The fraction of sp³-hybridized carbons (Fsp3) is 0.111. The Morgan fingerprint density at radius 3 is 2.68 bits per heavy atom. The lowest BCUT2D eigenvalue weighted by molar-refractivity contribution is 0.629. The SMILES string of the molecule is C=Cc1ccc(N(C)c2cc(-c3ccnn3Cc3ccccc3Cl)cc(F)c2N=C)cc1NC. The molecular weight excluding hydrogens is 449 g/mol. The van der Waals surface area contributed by atoms with E-state index >= 15 is 4.39 Å². The highest BCUT2D eigenvalue weighted by atomic mass is 35.5. The Bertz CT molecular complexity index is 1360. The number of nitrogens with zero attached hydrogens (tertiary/aromatic N) is 4. The standard InChI is InChI=1S/C27H25ClFN5/c1-5-18-10-11-21(16-24(18)30-2)33(4)26-15-20(14-23(29)27(26)31-3)25-12-13-32-34(25)17-19-8-6-7-9-22(19)28/h5-16,30H,1,3,17H2,2,4H3. The predicted octanol–water partition coefficient (Wildman–Crippen LogP) is 7.18. The molecule has 1 aromatic heterocycles. The molecule has 7 heteroatoms. The lowest BCUT2D eigenvalue weighted by atomic mass is 10.1. The highest BCUT2D eigenvalue weighted by Crippen LogP contribution is 2.39. The van der Waals surface area contributed by atoms with Gasteiger partial charge in [0.25, 0.3) is 0 Å². The fourth-order valence-corrected chi connectivity index (χ4v) is 4.12. The van der Waals surface area contributed by atoms with Crippen molar-refractivity contribution < 1.29 is 4.39 Å². The van der Waals surface area contributed by atoms with Gasteiger partial charge in [-0.15, -0.1) is 0 Å². The topological polar surface area (TPSA) is 45.5 Å². The molecule has 0 spiro atoms. The number of aliphatic imine (C=N–C) groups is 1. The van der Waals surface area contributed by atoms with Crippen LogP contribution in [-0.2, 0) is 6.54 Å². The molecule has 34 heavy (non-hydrogen) atoms. The van der Waals surface area contributed by atoms with Crippen molar-refractivity contribution in [2.45, 2.75) is 6.54 Å². The minimum Gasteiger partial charge on any atom is -0.388 e. The van der Waals surface area contributed by atoms with Gasteiger partial charge in [-0.3, -0.25) is 9.67 Å². The lowest BCUT2D eigenvalue weighted by Gasteiger charge is -2.24. The van der Waals surface area contributed by atoms with Gasteiger partial charge >= 0.3 is 0 Å². The Morgan fingerprint density at radius 2 is 1.97 bits per heavy atom. The summed E-state index contributed by atoms with van der Waals surface area (Å²) in [5, 5.41) is 8.27. The third-order valence-electron chi connectivity index (χ3n) is 5.77. The van der Waals surface area contributed by atoms with E-state index in [1.165, 1.54) is 6.07 Å². The summed E-state index contributed by atoms with van der Waals surface area (Å²) in [7, 11) is 3.72. The molecule has 1 heterocycles. The minimum absolute atomic E-state index is 0.183. The number of anilines is 3. The van der Waals surface area contributed by atoms with E-state index in [0.717, 1.165) is 28.2 Å². The number of rotatable bonds is 8. The summed E-state index contributed by atoms with van der Waals surface area (Å²) in [5.74, 6) is -0.462. The van der Waals surface area contributed by atoms with Gasteiger partial charge in [-0.2, -0.15) is 5.10 Å². The highest BCUT2D eigenvalue weighted by molar-refractivity contribution is 6.31. The average Bonchev–Trinajstić information content (AvgIpc) is 3.32. The van der Waals surface area contributed by atoms with Gasteiger partial charge in [0.05, 0.1) is 17.9 Å². The van der Waals surface area contributed by atoms with Crippen molar-refractivity contribution in [3.63, 3.8) is 0 Å². The number of nitrogens with one attached hydrogen (secondary N) is 1. The van der Waals surface area contributed by atoms with E-state index in [1.807, 2.05) is 73.6 Å². The highest BCUT2D eigenvalue weighted by Gasteiger charge is 2.18. The van der Waals surface area contributed by atoms with Crippen LogP contribution in [0.2, 0.25) is 5.02 Å². The van der Waals surface area contributed by atoms with Crippen LogP contribution >= 0.6 is 11.6 Å². The molecule has 0 aliphatic heterocycles. The van der Waals surface area contributed by atoms with Crippen molar-refractivity contribution in [1.29, 1.82) is 0 Å². The number of hydrogen-bond acceptors (Lipinski definition) is 4. The van der Waals surface area contributed by atoms with E-state index < -0.39 is 5.82 Å². The van der Waals surface area contributed by atoms with E-state index in [9.17, 15) is 0 Å². The number of aromatic nitrogens is 2. The maximum absolute atomic E-state index is 15.2. The molecule has 0 aliphatic carbocycles. The summed E-state index contributed by atoms with van der Waals surface area (Å²) in [6, 6.07) is 18.7. The monoisotopic (exact) mass is 473 g/mol. The lowest BCUT2D eigenvalue weighted by Crippen LogP contribution is -2.11. The van der Waals surface area contributed by atoms with Crippen molar-refractivity contribution in [3.05, 3.63) is 95.4 Å². The van der Waals surface area contributed by atoms with Gasteiger partial charge in [0, 0.05) is 42.3 Å². The smallest absolute Gasteiger partial charge is 0.151 e. The maximum Gasteiger partial charge on any atom is 0.151 e. The summed E-state index contributed by atoms with van der Waals surface area (Å²) in [4.78, 5) is 5.87. The van der Waals surface area contributed by atoms with Gasteiger partial charge in [0.1, 0.15) is 5.69 Å². The van der Waals surface area contributed by atoms with Crippen LogP contribution in [0.5, 0.6) is 0 Å². The predicted molar refractivity (Wildman–Crippen MR) is 142 cm³/mol. The second-order valence-corrected chi connectivity index (χ2v) is 8.14. The van der Waals surface area contributed by atoms with Crippen LogP contribution in [-0.4, -0.2) is 30.6 Å². The molecule has 3 aromatic carbocycles. The molecule has 1 N–H and O–H groups in total. The van der Waals surface area contributed by atoms with Crippen LogP contribution in [0, 0.1) is 5.82 Å². The quantitative estimate of drug-likeness (QED) is 0.276. The third kappa shape index (κ3) is 4.45. The normalized spacial score (nSPS) is 10.7. The Hall–Kier alpha value is -3.90. The minimum atomic E-state index is -0.462. The molecule has 4 rings (SSSR count). The van der Waals surface area contributed by atoms with E-state index in [2.05, 4.69) is 28.7 Å². The molecule has 0 amide bonds. The molecule has 0 aliphatic rings. The van der Waals surface area contributed by atoms with Gasteiger partial charge in [-0.25, -0.2) is 4.39 Å². The molecule has 172 valence electrons. The first-order chi connectivity index (χ1) is 16.5.